The molecule has 0 fully saturated rings. The maximum Gasteiger partial charge on any atom is 0.243 e. The van der Waals surface area contributed by atoms with Crippen LogP contribution in [-0.4, -0.2) is 37.0 Å². The van der Waals surface area contributed by atoms with Gasteiger partial charge in [-0.3, -0.25) is 14.8 Å². The topological polar surface area (TPSA) is 78.4 Å². The molecule has 1 heterocycles. The molecular weight excluding hydrogens is 302 g/mol. The maximum atomic E-state index is 11.9. The third-order valence-corrected chi connectivity index (χ3v) is 3.53. The Kier molecular flexibility index (Phi) is 6.76. The Labute approximate surface area is 142 Å². The van der Waals surface area contributed by atoms with Crippen molar-refractivity contribution in [1.82, 2.24) is 15.6 Å². The molecule has 0 spiro atoms. The van der Waals surface area contributed by atoms with Crippen LogP contribution in [0, 0.1) is 0 Å². The molecule has 0 aliphatic carbocycles. The Hall–Kier alpha value is -2.89. The van der Waals surface area contributed by atoms with Crippen molar-refractivity contribution in [3.8, 4) is 0 Å². The number of benzene rings is 1. The Morgan fingerprint density at radius 2 is 1.96 bits per heavy atom. The van der Waals surface area contributed by atoms with Crippen LogP contribution in [-0.2, 0) is 4.79 Å². The van der Waals surface area contributed by atoms with Crippen molar-refractivity contribution in [3.63, 3.8) is 0 Å². The molecule has 126 valence electrons. The molecule has 1 unspecified atom stereocenters. The van der Waals surface area contributed by atoms with Crippen molar-refractivity contribution < 1.29 is 4.79 Å². The molecule has 0 aliphatic rings. The number of anilines is 1. The van der Waals surface area contributed by atoms with Gasteiger partial charge in [0.1, 0.15) is 0 Å². The summed E-state index contributed by atoms with van der Waals surface area (Å²) in [4.78, 5) is 20.0. The second-order valence-electron chi connectivity index (χ2n) is 5.41. The minimum atomic E-state index is -0.151. The van der Waals surface area contributed by atoms with Gasteiger partial charge in [0.25, 0.3) is 0 Å². The highest BCUT2D eigenvalue weighted by Crippen LogP contribution is 2.12. The first kappa shape index (κ1) is 17.5. The number of nitrogens with zero attached hydrogens (tertiary/aromatic N) is 2. The molecule has 6 nitrogen and oxygen atoms in total. The molecule has 1 amide bonds. The number of pyridine rings is 1. The first-order chi connectivity index (χ1) is 11.7. The van der Waals surface area contributed by atoms with Crippen molar-refractivity contribution in [2.75, 3.05) is 25.5 Å². The summed E-state index contributed by atoms with van der Waals surface area (Å²) in [6.07, 6.45) is 3.26. The summed E-state index contributed by atoms with van der Waals surface area (Å²) < 4.78 is 0. The van der Waals surface area contributed by atoms with Crippen LogP contribution in [0.5, 0.6) is 0 Å². The Balaban J connectivity index is 1.75. The lowest BCUT2D eigenvalue weighted by atomic mass is 10.0. The van der Waals surface area contributed by atoms with Crippen molar-refractivity contribution >= 4 is 17.6 Å². The van der Waals surface area contributed by atoms with Crippen LogP contribution >= 0.6 is 0 Å². The molecule has 1 aromatic carbocycles. The summed E-state index contributed by atoms with van der Waals surface area (Å²) in [7, 11) is 1.68. The fourth-order valence-corrected chi connectivity index (χ4v) is 2.18. The lowest BCUT2D eigenvalue weighted by Gasteiger charge is -2.16. The van der Waals surface area contributed by atoms with E-state index in [-0.39, 0.29) is 12.5 Å². The second kappa shape index (κ2) is 9.29. The van der Waals surface area contributed by atoms with E-state index in [1.807, 2.05) is 18.2 Å². The number of hydrogen-bond donors (Lipinski definition) is 3. The molecule has 0 bridgehead atoms. The number of amides is 1. The fourth-order valence-electron chi connectivity index (χ4n) is 2.18. The van der Waals surface area contributed by atoms with E-state index in [4.69, 9.17) is 0 Å². The van der Waals surface area contributed by atoms with Gasteiger partial charge in [-0.1, -0.05) is 37.3 Å². The van der Waals surface area contributed by atoms with E-state index in [1.165, 1.54) is 5.56 Å². The number of aromatic nitrogens is 1. The van der Waals surface area contributed by atoms with Gasteiger partial charge in [0.2, 0.25) is 5.91 Å². The molecule has 6 heteroatoms. The SMILES string of the molecule is CN=C(NCC(=O)Nc1cccnc1)NCC(C)c1ccccc1. The van der Waals surface area contributed by atoms with Gasteiger partial charge in [-0.15, -0.1) is 0 Å². The second-order valence-corrected chi connectivity index (χ2v) is 5.41. The predicted octanol–water partition coefficient (Wildman–Crippen LogP) is 1.99. The predicted molar refractivity (Wildman–Crippen MR) is 97.1 cm³/mol. The van der Waals surface area contributed by atoms with Gasteiger partial charge < -0.3 is 16.0 Å². The smallest absolute Gasteiger partial charge is 0.243 e. The zero-order valence-electron chi connectivity index (χ0n) is 14.0. The Morgan fingerprint density at radius 3 is 2.62 bits per heavy atom. The van der Waals surface area contributed by atoms with Crippen LogP contribution in [0.25, 0.3) is 0 Å². The van der Waals surface area contributed by atoms with E-state index >= 15 is 0 Å². The number of nitrogens with one attached hydrogen (secondary N) is 3. The molecule has 0 aliphatic heterocycles. The first-order valence-corrected chi connectivity index (χ1v) is 7.88. The van der Waals surface area contributed by atoms with Gasteiger partial charge in [0.05, 0.1) is 18.4 Å². The largest absolute Gasteiger partial charge is 0.356 e. The lowest BCUT2D eigenvalue weighted by molar-refractivity contribution is -0.115. The van der Waals surface area contributed by atoms with Gasteiger partial charge in [-0.2, -0.15) is 0 Å². The molecule has 1 atom stereocenters. The first-order valence-electron chi connectivity index (χ1n) is 7.88. The zero-order chi connectivity index (χ0) is 17.2. The highest BCUT2D eigenvalue weighted by molar-refractivity contribution is 5.94. The molecule has 1 aromatic heterocycles. The van der Waals surface area contributed by atoms with Gasteiger partial charge in [-0.05, 0) is 23.6 Å². The van der Waals surface area contributed by atoms with Crippen LogP contribution in [0.4, 0.5) is 5.69 Å². The van der Waals surface area contributed by atoms with Crippen LogP contribution < -0.4 is 16.0 Å². The third-order valence-electron chi connectivity index (χ3n) is 3.53. The number of rotatable bonds is 6. The van der Waals surface area contributed by atoms with Crippen LogP contribution in [0.15, 0.2) is 59.9 Å². The van der Waals surface area contributed by atoms with Crippen LogP contribution in [0.3, 0.4) is 0 Å². The van der Waals surface area contributed by atoms with Gasteiger partial charge >= 0.3 is 0 Å². The molecule has 0 saturated carbocycles. The van der Waals surface area contributed by atoms with E-state index in [0.717, 1.165) is 6.54 Å². The molecule has 0 radical (unpaired) electrons. The van der Waals surface area contributed by atoms with Crippen molar-refractivity contribution in [3.05, 3.63) is 60.4 Å². The van der Waals surface area contributed by atoms with Gasteiger partial charge in [0, 0.05) is 19.8 Å². The number of carbonyl (C=O) groups is 1. The summed E-state index contributed by atoms with van der Waals surface area (Å²) in [6.45, 7) is 3.01. The van der Waals surface area contributed by atoms with Crippen molar-refractivity contribution in [2.24, 2.45) is 4.99 Å². The minimum Gasteiger partial charge on any atom is -0.356 e. The van der Waals surface area contributed by atoms with E-state index in [1.54, 1.807) is 31.6 Å². The number of aliphatic imine (C=N–C) groups is 1. The monoisotopic (exact) mass is 325 g/mol. The summed E-state index contributed by atoms with van der Waals surface area (Å²) in [5, 5.41) is 9.00. The van der Waals surface area contributed by atoms with E-state index in [9.17, 15) is 4.79 Å². The summed E-state index contributed by atoms with van der Waals surface area (Å²) in [5.74, 6) is 0.787. The molecule has 24 heavy (non-hydrogen) atoms. The van der Waals surface area contributed by atoms with Crippen molar-refractivity contribution in [1.29, 1.82) is 0 Å². The number of carbonyl (C=O) groups excluding carboxylic acids is 1. The summed E-state index contributed by atoms with van der Waals surface area (Å²) in [5.41, 5.74) is 1.93. The molecule has 2 aromatic rings. The Morgan fingerprint density at radius 1 is 1.17 bits per heavy atom. The molecule has 0 saturated heterocycles. The summed E-state index contributed by atoms with van der Waals surface area (Å²) >= 11 is 0. The minimum absolute atomic E-state index is 0.133. The van der Waals surface area contributed by atoms with Crippen LogP contribution in [0.2, 0.25) is 0 Å². The lowest BCUT2D eigenvalue weighted by Crippen LogP contribution is -2.42. The fraction of sp³-hybridized carbons (Fsp3) is 0.278. The van der Waals surface area contributed by atoms with Crippen LogP contribution in [0.1, 0.15) is 18.4 Å². The van der Waals surface area contributed by atoms with Crippen molar-refractivity contribution in [2.45, 2.75) is 12.8 Å². The quantitative estimate of drug-likeness (QED) is 0.561. The van der Waals surface area contributed by atoms with E-state index in [2.05, 4.69) is 45.0 Å². The summed E-state index contributed by atoms with van der Waals surface area (Å²) in [6, 6.07) is 13.8. The average molecular weight is 325 g/mol. The van der Waals surface area contributed by atoms with Gasteiger partial charge in [-0.25, -0.2) is 0 Å². The third kappa shape index (κ3) is 5.72. The Bertz CT molecular complexity index is 658. The highest BCUT2D eigenvalue weighted by Gasteiger charge is 2.07. The van der Waals surface area contributed by atoms with Gasteiger partial charge in [0.15, 0.2) is 5.96 Å². The average Bonchev–Trinajstić information content (AvgIpc) is 2.63. The van der Waals surface area contributed by atoms with E-state index < -0.39 is 0 Å². The molecule has 3 N–H and O–H groups in total. The number of hydrogen-bond acceptors (Lipinski definition) is 3. The van der Waals surface area contributed by atoms with E-state index in [0.29, 0.717) is 17.6 Å². The standard InChI is InChI=1S/C18H23N5O/c1-14(15-7-4-3-5-8-15)11-21-18(19-2)22-13-17(24)23-16-9-6-10-20-12-16/h3-10,12,14H,11,13H2,1-2H3,(H,23,24)(H2,19,21,22). The highest BCUT2D eigenvalue weighted by atomic mass is 16.1. The number of guanidine groups is 1. The molecular formula is C18H23N5O. The molecule has 2 rings (SSSR count). The normalized spacial score (nSPS) is 12.3. The maximum absolute atomic E-state index is 11.9. The zero-order valence-corrected chi connectivity index (χ0v) is 14.0.